The second kappa shape index (κ2) is 8.59. The number of rotatable bonds is 5. The molecule has 1 aliphatic rings. The van der Waals surface area contributed by atoms with E-state index in [2.05, 4.69) is 20.5 Å². The minimum atomic E-state index is -0.758. The molecule has 0 unspecified atom stereocenters. The van der Waals surface area contributed by atoms with E-state index in [-0.39, 0.29) is 5.92 Å². The van der Waals surface area contributed by atoms with Crippen molar-refractivity contribution in [2.24, 2.45) is 5.92 Å². The van der Waals surface area contributed by atoms with Gasteiger partial charge in [-0.2, -0.15) is 0 Å². The van der Waals surface area contributed by atoms with Gasteiger partial charge in [0.2, 0.25) is 0 Å². The number of hydrogen-bond acceptors (Lipinski definition) is 4. The molecule has 142 valence electrons. The number of anilines is 2. The molecule has 27 heavy (non-hydrogen) atoms. The van der Waals surface area contributed by atoms with Gasteiger partial charge in [0, 0.05) is 18.4 Å². The topological polar surface area (TPSA) is 94.6 Å². The van der Waals surface area contributed by atoms with Crippen LogP contribution in [0.5, 0.6) is 0 Å². The van der Waals surface area contributed by atoms with E-state index in [0.29, 0.717) is 43.9 Å². The Kier molecular flexibility index (Phi) is 5.97. The maximum Gasteiger partial charge on any atom is 0.323 e. The van der Waals surface area contributed by atoms with Gasteiger partial charge in [-0.15, -0.1) is 0 Å². The number of amides is 2. The monoisotopic (exact) mass is 372 g/mol. The second-order valence-electron chi connectivity index (χ2n) is 6.56. The lowest BCUT2D eigenvalue weighted by molar-refractivity contribution is -0.143. The van der Waals surface area contributed by atoms with Gasteiger partial charge >= 0.3 is 12.0 Å². The molecule has 0 spiro atoms. The first-order valence-corrected chi connectivity index (χ1v) is 8.72. The van der Waals surface area contributed by atoms with Crippen LogP contribution in [0.1, 0.15) is 18.4 Å². The molecule has 0 aliphatic carbocycles. The van der Waals surface area contributed by atoms with Crippen molar-refractivity contribution in [3.05, 3.63) is 54.1 Å². The van der Waals surface area contributed by atoms with Crippen LogP contribution in [0.3, 0.4) is 0 Å². The Labute approximate surface area is 156 Å². The van der Waals surface area contributed by atoms with Crippen molar-refractivity contribution in [2.45, 2.75) is 19.4 Å². The number of urea groups is 1. The Morgan fingerprint density at radius 2 is 1.93 bits per heavy atom. The van der Waals surface area contributed by atoms with Crippen LogP contribution in [0.25, 0.3) is 0 Å². The van der Waals surface area contributed by atoms with Gasteiger partial charge in [0.1, 0.15) is 5.82 Å². The first-order chi connectivity index (χ1) is 13.0. The van der Waals surface area contributed by atoms with Gasteiger partial charge in [0.25, 0.3) is 0 Å². The summed E-state index contributed by atoms with van der Waals surface area (Å²) < 4.78 is 13.9. The third-order valence-corrected chi connectivity index (χ3v) is 4.48. The van der Waals surface area contributed by atoms with E-state index in [4.69, 9.17) is 5.11 Å². The molecule has 1 aromatic carbocycles. The van der Waals surface area contributed by atoms with Crippen LogP contribution in [-0.4, -0.2) is 40.1 Å². The highest BCUT2D eigenvalue weighted by atomic mass is 19.1. The minimum Gasteiger partial charge on any atom is -0.481 e. The number of nitrogens with one attached hydrogen (secondary N) is 2. The Morgan fingerprint density at radius 1 is 1.19 bits per heavy atom. The van der Waals surface area contributed by atoms with E-state index < -0.39 is 17.8 Å². The maximum absolute atomic E-state index is 13.9. The summed E-state index contributed by atoms with van der Waals surface area (Å²) in [5, 5.41) is 14.3. The summed E-state index contributed by atoms with van der Waals surface area (Å²) in [6, 6.07) is 7.31. The molecule has 1 saturated heterocycles. The van der Waals surface area contributed by atoms with E-state index in [0.717, 1.165) is 5.56 Å². The lowest BCUT2D eigenvalue weighted by Gasteiger charge is -2.30. The fourth-order valence-electron chi connectivity index (χ4n) is 3.14. The van der Waals surface area contributed by atoms with E-state index >= 15 is 0 Å². The molecule has 3 N–H and O–H groups in total. The molecule has 2 aromatic rings. The minimum absolute atomic E-state index is 0.304. The van der Waals surface area contributed by atoms with Gasteiger partial charge < -0.3 is 15.7 Å². The molecule has 2 amide bonds. The van der Waals surface area contributed by atoms with Crippen LogP contribution in [0.4, 0.5) is 20.6 Å². The SMILES string of the molecule is O=C(Nc1cccnc1)Nc1cc(F)cc(CN2CCC(C(=O)O)CC2)c1. The van der Waals surface area contributed by atoms with Crippen LogP contribution < -0.4 is 10.6 Å². The number of piperidine rings is 1. The quantitative estimate of drug-likeness (QED) is 0.749. The number of carboxylic acids is 1. The van der Waals surface area contributed by atoms with Gasteiger partial charge in [-0.05, 0) is 61.8 Å². The predicted octanol–water partition coefficient (Wildman–Crippen LogP) is 3.16. The normalized spacial score (nSPS) is 15.3. The third kappa shape index (κ3) is 5.49. The van der Waals surface area contributed by atoms with Crippen LogP contribution in [0.15, 0.2) is 42.7 Å². The average Bonchev–Trinajstić information content (AvgIpc) is 2.62. The number of carboxylic acid groups (broad SMARTS) is 1. The van der Waals surface area contributed by atoms with Crippen molar-refractivity contribution < 1.29 is 19.1 Å². The van der Waals surface area contributed by atoms with Crippen LogP contribution >= 0.6 is 0 Å². The summed E-state index contributed by atoms with van der Waals surface area (Å²) in [5.74, 6) is -1.50. The molecule has 1 aliphatic heterocycles. The molecular formula is C19H21FN4O3. The molecular weight excluding hydrogens is 351 g/mol. The Morgan fingerprint density at radius 3 is 2.59 bits per heavy atom. The van der Waals surface area contributed by atoms with Gasteiger partial charge in [0.05, 0.1) is 17.8 Å². The molecule has 3 rings (SSSR count). The van der Waals surface area contributed by atoms with Crippen molar-refractivity contribution in [3.8, 4) is 0 Å². The number of carbonyl (C=O) groups is 2. The highest BCUT2D eigenvalue weighted by Crippen LogP contribution is 2.21. The molecule has 0 bridgehead atoms. The summed E-state index contributed by atoms with van der Waals surface area (Å²) in [4.78, 5) is 29.1. The number of carbonyl (C=O) groups excluding carboxylic acids is 1. The van der Waals surface area contributed by atoms with E-state index in [1.54, 1.807) is 24.4 Å². The van der Waals surface area contributed by atoms with Crippen molar-refractivity contribution in [1.29, 1.82) is 0 Å². The van der Waals surface area contributed by atoms with Gasteiger partial charge in [-0.1, -0.05) is 0 Å². The Balaban J connectivity index is 1.59. The van der Waals surface area contributed by atoms with Crippen molar-refractivity contribution in [2.75, 3.05) is 23.7 Å². The predicted molar refractivity (Wildman–Crippen MR) is 98.9 cm³/mol. The van der Waals surface area contributed by atoms with E-state index in [1.807, 2.05) is 0 Å². The first-order valence-electron chi connectivity index (χ1n) is 8.72. The van der Waals surface area contributed by atoms with Gasteiger partial charge in [0.15, 0.2) is 0 Å². The zero-order valence-corrected chi connectivity index (χ0v) is 14.7. The summed E-state index contributed by atoms with van der Waals surface area (Å²) in [5.41, 5.74) is 1.61. The standard InChI is InChI=1S/C19H21FN4O3/c20-15-8-13(12-24-6-3-14(4-7-24)18(25)26)9-17(10-15)23-19(27)22-16-2-1-5-21-11-16/h1-2,5,8-11,14H,3-4,6-7,12H2,(H,25,26)(H2,22,23,27). The first kappa shape index (κ1) is 18.8. The molecule has 7 nitrogen and oxygen atoms in total. The van der Waals surface area contributed by atoms with Crippen molar-refractivity contribution in [3.63, 3.8) is 0 Å². The summed E-state index contributed by atoms with van der Waals surface area (Å²) in [7, 11) is 0. The van der Waals surface area contributed by atoms with Gasteiger partial charge in [-0.3, -0.25) is 14.7 Å². The smallest absolute Gasteiger partial charge is 0.323 e. The van der Waals surface area contributed by atoms with Gasteiger partial charge in [-0.25, -0.2) is 9.18 Å². The maximum atomic E-state index is 13.9. The number of halogens is 1. The number of hydrogen-bond donors (Lipinski definition) is 3. The highest BCUT2D eigenvalue weighted by molar-refractivity contribution is 5.99. The molecule has 2 heterocycles. The number of likely N-dealkylation sites (tertiary alicyclic amines) is 1. The van der Waals surface area contributed by atoms with Crippen LogP contribution in [0.2, 0.25) is 0 Å². The largest absolute Gasteiger partial charge is 0.481 e. The fraction of sp³-hybridized carbons (Fsp3) is 0.316. The summed E-state index contributed by atoms with van der Waals surface area (Å²) in [6.45, 7) is 1.80. The number of pyridine rings is 1. The molecule has 1 aromatic heterocycles. The molecule has 1 fully saturated rings. The number of benzene rings is 1. The highest BCUT2D eigenvalue weighted by Gasteiger charge is 2.24. The summed E-state index contributed by atoms with van der Waals surface area (Å²) >= 11 is 0. The van der Waals surface area contributed by atoms with E-state index in [9.17, 15) is 14.0 Å². The Hall–Kier alpha value is -3.00. The fourth-order valence-corrected chi connectivity index (χ4v) is 3.14. The second-order valence-corrected chi connectivity index (χ2v) is 6.56. The van der Waals surface area contributed by atoms with Crippen LogP contribution in [-0.2, 0) is 11.3 Å². The lowest BCUT2D eigenvalue weighted by atomic mass is 9.97. The molecule has 8 heteroatoms. The Bertz CT molecular complexity index is 808. The lowest BCUT2D eigenvalue weighted by Crippen LogP contribution is -2.35. The molecule has 0 radical (unpaired) electrons. The number of aliphatic carboxylic acids is 1. The number of aromatic nitrogens is 1. The number of nitrogens with zero attached hydrogens (tertiary/aromatic N) is 2. The third-order valence-electron chi connectivity index (χ3n) is 4.48. The van der Waals surface area contributed by atoms with Crippen molar-refractivity contribution >= 4 is 23.4 Å². The zero-order valence-electron chi connectivity index (χ0n) is 14.7. The zero-order chi connectivity index (χ0) is 19.2. The van der Waals surface area contributed by atoms with E-state index in [1.165, 1.54) is 18.3 Å². The molecule has 0 atom stereocenters. The van der Waals surface area contributed by atoms with Crippen LogP contribution in [0, 0.1) is 11.7 Å². The average molecular weight is 372 g/mol. The summed E-state index contributed by atoms with van der Waals surface area (Å²) in [6.07, 6.45) is 4.28. The molecule has 0 saturated carbocycles. The van der Waals surface area contributed by atoms with Crippen molar-refractivity contribution in [1.82, 2.24) is 9.88 Å².